The molecule has 0 spiro atoms. The maximum Gasteiger partial charge on any atom is 0.0621 e. The largest absolute Gasteiger partial charge is 0.392 e. The number of aliphatic hydroxyl groups excluding tert-OH is 1. The van der Waals surface area contributed by atoms with Crippen LogP contribution >= 0.6 is 11.8 Å². The lowest BCUT2D eigenvalue weighted by atomic mass is 9.67. The van der Waals surface area contributed by atoms with Gasteiger partial charge < -0.3 is 5.11 Å². The zero-order valence-corrected chi connectivity index (χ0v) is 9.02. The van der Waals surface area contributed by atoms with Crippen LogP contribution in [0, 0.1) is 5.41 Å². The van der Waals surface area contributed by atoms with E-state index in [9.17, 15) is 5.11 Å². The average Bonchev–Trinajstić information content (AvgIpc) is 1.96. The lowest BCUT2D eigenvalue weighted by Crippen LogP contribution is -2.59. The maximum atomic E-state index is 9.81. The normalized spacial score (nSPS) is 35.0. The molecule has 0 radical (unpaired) electrons. The molecule has 1 unspecified atom stereocenters. The van der Waals surface area contributed by atoms with Gasteiger partial charge >= 0.3 is 0 Å². The molecule has 72 valence electrons. The van der Waals surface area contributed by atoms with Gasteiger partial charge in [0.05, 0.1) is 6.10 Å². The molecule has 1 saturated heterocycles. The summed E-state index contributed by atoms with van der Waals surface area (Å²) in [5.74, 6) is 0. The highest BCUT2D eigenvalue weighted by Gasteiger charge is 2.49. The zero-order valence-electron chi connectivity index (χ0n) is 8.26. The van der Waals surface area contributed by atoms with Crippen molar-refractivity contribution in [1.29, 1.82) is 0 Å². The summed E-state index contributed by atoms with van der Waals surface area (Å²) in [5.41, 5.74) is -0.292. The Morgan fingerprint density at radius 2 is 1.83 bits per heavy atom. The van der Waals surface area contributed by atoms with Crippen LogP contribution in [0.1, 0.15) is 34.1 Å². The fourth-order valence-electron chi connectivity index (χ4n) is 1.60. The van der Waals surface area contributed by atoms with Crippen molar-refractivity contribution in [2.75, 3.05) is 6.54 Å². The third-order valence-corrected chi connectivity index (χ3v) is 4.21. The van der Waals surface area contributed by atoms with E-state index in [1.807, 2.05) is 0 Å². The predicted molar refractivity (Wildman–Crippen MR) is 51.0 cm³/mol. The summed E-state index contributed by atoms with van der Waals surface area (Å²) in [6.07, 6.45) is 0.516. The second-order valence-corrected chi connectivity index (χ2v) is 5.08. The van der Waals surface area contributed by atoms with Gasteiger partial charge in [0.25, 0.3) is 0 Å². The number of nitrogens with zero attached hydrogens (tertiary/aromatic N) is 1. The minimum atomic E-state index is -0.248. The number of hydrogen-bond donors (Lipinski definition) is 1. The highest BCUT2D eigenvalue weighted by Crippen LogP contribution is 2.44. The predicted octanol–water partition coefficient (Wildman–Crippen LogP) is 2.01. The summed E-state index contributed by atoms with van der Waals surface area (Å²) >= 11 is 6.08. The van der Waals surface area contributed by atoms with E-state index in [2.05, 4.69) is 27.7 Å². The second kappa shape index (κ2) is 2.86. The van der Waals surface area contributed by atoms with Gasteiger partial charge in [-0.15, -0.1) is 0 Å². The number of aliphatic hydroxyl groups is 1. The molecule has 1 aliphatic heterocycles. The van der Waals surface area contributed by atoms with Crippen LogP contribution < -0.4 is 0 Å². The first kappa shape index (κ1) is 10.3. The van der Waals surface area contributed by atoms with Gasteiger partial charge in [0, 0.05) is 17.5 Å². The molecule has 0 aliphatic carbocycles. The van der Waals surface area contributed by atoms with Gasteiger partial charge in [0.15, 0.2) is 0 Å². The lowest BCUT2D eigenvalue weighted by Gasteiger charge is -2.52. The minimum absolute atomic E-state index is 0.146. The van der Waals surface area contributed by atoms with Crippen molar-refractivity contribution < 1.29 is 5.11 Å². The van der Waals surface area contributed by atoms with Gasteiger partial charge in [-0.2, -0.15) is 0 Å². The Morgan fingerprint density at radius 3 is 2.25 bits per heavy atom. The van der Waals surface area contributed by atoms with Gasteiger partial charge in [-0.05, 0) is 32.0 Å². The Hall–Kier alpha value is 0.210. The van der Waals surface area contributed by atoms with E-state index < -0.39 is 0 Å². The smallest absolute Gasteiger partial charge is 0.0621 e. The Labute approximate surface area is 79.6 Å². The minimum Gasteiger partial charge on any atom is -0.392 e. The fourth-order valence-corrected chi connectivity index (χ4v) is 1.91. The van der Waals surface area contributed by atoms with Gasteiger partial charge in [-0.3, -0.25) is 0 Å². The van der Waals surface area contributed by atoms with E-state index >= 15 is 0 Å². The SMILES string of the molecule is CC1(C)C(O)CCN(Cl)C1(C)C. The van der Waals surface area contributed by atoms with Crippen LogP contribution in [0.25, 0.3) is 0 Å². The Kier molecular flexibility index (Phi) is 2.45. The first-order chi connectivity index (χ1) is 5.30. The molecule has 1 fully saturated rings. The van der Waals surface area contributed by atoms with Crippen molar-refractivity contribution in [3.8, 4) is 0 Å². The Morgan fingerprint density at radius 1 is 1.33 bits per heavy atom. The van der Waals surface area contributed by atoms with Gasteiger partial charge in [0.1, 0.15) is 0 Å². The summed E-state index contributed by atoms with van der Waals surface area (Å²) < 4.78 is 1.81. The zero-order chi connectivity index (χ0) is 9.57. The monoisotopic (exact) mass is 191 g/mol. The molecule has 0 saturated carbocycles. The summed E-state index contributed by atoms with van der Waals surface area (Å²) in [5, 5.41) is 9.81. The molecule has 2 nitrogen and oxygen atoms in total. The van der Waals surface area contributed by atoms with Crippen LogP contribution in [0.15, 0.2) is 0 Å². The third kappa shape index (κ3) is 1.26. The molecule has 1 rings (SSSR count). The van der Waals surface area contributed by atoms with E-state index in [0.29, 0.717) is 0 Å². The summed E-state index contributed by atoms with van der Waals surface area (Å²) in [6.45, 7) is 9.03. The first-order valence-corrected chi connectivity index (χ1v) is 4.75. The van der Waals surface area contributed by atoms with Crippen LogP contribution in [-0.4, -0.2) is 27.7 Å². The molecular formula is C9H18ClNO. The van der Waals surface area contributed by atoms with Crippen LogP contribution in [0.3, 0.4) is 0 Å². The van der Waals surface area contributed by atoms with E-state index in [-0.39, 0.29) is 17.1 Å². The molecule has 0 bridgehead atoms. The lowest BCUT2D eigenvalue weighted by molar-refractivity contribution is -0.0799. The molecule has 1 heterocycles. The number of piperidine rings is 1. The van der Waals surface area contributed by atoms with E-state index in [0.717, 1.165) is 13.0 Å². The Bertz CT molecular complexity index is 159. The second-order valence-electron chi connectivity index (χ2n) is 4.67. The van der Waals surface area contributed by atoms with E-state index in [1.165, 1.54) is 0 Å². The van der Waals surface area contributed by atoms with Gasteiger partial charge in [-0.25, -0.2) is 4.42 Å². The molecule has 0 aromatic rings. The number of hydrogen-bond acceptors (Lipinski definition) is 2. The van der Waals surface area contributed by atoms with Gasteiger partial charge in [-0.1, -0.05) is 13.8 Å². The molecule has 0 aromatic carbocycles. The summed E-state index contributed by atoms with van der Waals surface area (Å²) in [7, 11) is 0. The van der Waals surface area contributed by atoms with Crippen LogP contribution in [-0.2, 0) is 0 Å². The molecule has 1 N–H and O–H groups in total. The highest BCUT2D eigenvalue weighted by atomic mass is 35.5. The molecule has 12 heavy (non-hydrogen) atoms. The number of rotatable bonds is 0. The molecule has 3 heteroatoms. The molecule has 0 aromatic heterocycles. The van der Waals surface area contributed by atoms with Crippen molar-refractivity contribution in [2.24, 2.45) is 5.41 Å². The van der Waals surface area contributed by atoms with Crippen molar-refractivity contribution in [2.45, 2.75) is 45.8 Å². The van der Waals surface area contributed by atoms with E-state index in [1.54, 1.807) is 4.42 Å². The standard InChI is InChI=1S/C9H18ClNO/c1-8(2)7(12)5-6-11(10)9(8,3)4/h7,12H,5-6H2,1-4H3. The molecular weight excluding hydrogens is 174 g/mol. The van der Waals surface area contributed by atoms with Crippen LogP contribution in [0.2, 0.25) is 0 Å². The summed E-state index contributed by atoms with van der Waals surface area (Å²) in [6, 6.07) is 0. The third-order valence-electron chi connectivity index (χ3n) is 3.62. The molecule has 1 aliphatic rings. The topological polar surface area (TPSA) is 23.5 Å². The van der Waals surface area contributed by atoms with Gasteiger partial charge in [0.2, 0.25) is 0 Å². The molecule has 1 atom stereocenters. The first-order valence-electron chi connectivity index (χ1n) is 4.41. The highest BCUT2D eigenvalue weighted by molar-refractivity contribution is 6.13. The average molecular weight is 192 g/mol. The molecule has 0 amide bonds. The maximum absolute atomic E-state index is 9.81. The Balaban J connectivity index is 2.92. The van der Waals surface area contributed by atoms with Crippen molar-refractivity contribution in [1.82, 2.24) is 4.42 Å². The fraction of sp³-hybridized carbons (Fsp3) is 1.00. The van der Waals surface area contributed by atoms with Crippen molar-refractivity contribution in [3.63, 3.8) is 0 Å². The van der Waals surface area contributed by atoms with Crippen molar-refractivity contribution in [3.05, 3.63) is 0 Å². The van der Waals surface area contributed by atoms with Crippen LogP contribution in [0.5, 0.6) is 0 Å². The number of halogens is 1. The van der Waals surface area contributed by atoms with Crippen molar-refractivity contribution >= 4 is 11.8 Å². The van der Waals surface area contributed by atoms with E-state index in [4.69, 9.17) is 11.8 Å². The quantitative estimate of drug-likeness (QED) is 0.593. The van der Waals surface area contributed by atoms with Crippen LogP contribution in [0.4, 0.5) is 0 Å². The summed E-state index contributed by atoms with van der Waals surface area (Å²) in [4.78, 5) is 0.